The van der Waals surface area contributed by atoms with Crippen molar-refractivity contribution in [2.75, 3.05) is 0 Å². The van der Waals surface area contributed by atoms with Crippen molar-refractivity contribution in [3.8, 4) is 0 Å². The minimum atomic E-state index is -1.09. The van der Waals surface area contributed by atoms with Gasteiger partial charge in [0.15, 0.2) is 0 Å². The summed E-state index contributed by atoms with van der Waals surface area (Å²) >= 11 is 12.4. The molecule has 1 aliphatic carbocycles. The van der Waals surface area contributed by atoms with E-state index in [-0.39, 0.29) is 15.6 Å². The van der Waals surface area contributed by atoms with E-state index in [9.17, 15) is 14.0 Å². The van der Waals surface area contributed by atoms with Crippen LogP contribution in [0.1, 0.15) is 45.6 Å². The standard InChI is InChI=1S/C23H18Cl2FN3O2/c24-14-10-16-15(19(26)11-14)6-7-20(16)29(23(31)17-12-28-9-8-18(17)25)21(22(27)30)13-4-2-1-3-5-13/h1-5,8-12,20-21H,6-7H2,(H2,27,30)/t20-,21-/m1/s1. The van der Waals surface area contributed by atoms with Crippen molar-refractivity contribution in [1.29, 1.82) is 0 Å². The number of nitrogens with zero attached hydrogens (tertiary/aromatic N) is 2. The molecule has 158 valence electrons. The Kier molecular flexibility index (Phi) is 5.94. The topological polar surface area (TPSA) is 76.3 Å². The first-order valence-corrected chi connectivity index (χ1v) is 10.4. The third kappa shape index (κ3) is 4.01. The fourth-order valence-corrected chi connectivity index (χ4v) is 4.52. The Labute approximate surface area is 188 Å². The molecule has 2 amide bonds. The van der Waals surface area contributed by atoms with Crippen LogP contribution in [-0.4, -0.2) is 21.7 Å². The number of aromatic nitrogens is 1. The van der Waals surface area contributed by atoms with Crippen molar-refractivity contribution in [2.45, 2.75) is 24.9 Å². The van der Waals surface area contributed by atoms with E-state index in [2.05, 4.69) is 4.98 Å². The zero-order chi connectivity index (χ0) is 22.1. The number of carbonyl (C=O) groups is 2. The van der Waals surface area contributed by atoms with Gasteiger partial charge >= 0.3 is 0 Å². The maximum absolute atomic E-state index is 14.5. The number of halogens is 3. The summed E-state index contributed by atoms with van der Waals surface area (Å²) in [4.78, 5) is 31.7. The molecule has 0 aliphatic heterocycles. The highest BCUT2D eigenvalue weighted by atomic mass is 35.5. The van der Waals surface area contributed by atoms with Gasteiger partial charge in [0.05, 0.1) is 16.6 Å². The van der Waals surface area contributed by atoms with Crippen molar-refractivity contribution in [2.24, 2.45) is 5.73 Å². The number of hydrogen-bond acceptors (Lipinski definition) is 3. The van der Waals surface area contributed by atoms with Gasteiger partial charge in [-0.1, -0.05) is 53.5 Å². The maximum atomic E-state index is 14.5. The Balaban J connectivity index is 1.90. The predicted octanol–water partition coefficient (Wildman–Crippen LogP) is 4.88. The lowest BCUT2D eigenvalue weighted by Crippen LogP contribution is -2.43. The monoisotopic (exact) mass is 457 g/mol. The number of primary amides is 1. The molecule has 3 aromatic rings. The van der Waals surface area contributed by atoms with Gasteiger partial charge in [-0.2, -0.15) is 0 Å². The molecule has 0 spiro atoms. The third-order valence-electron chi connectivity index (χ3n) is 5.45. The first-order valence-electron chi connectivity index (χ1n) is 9.62. The van der Waals surface area contributed by atoms with Crippen LogP contribution in [0.15, 0.2) is 60.9 Å². The second-order valence-electron chi connectivity index (χ2n) is 7.29. The Morgan fingerprint density at radius 2 is 1.90 bits per heavy atom. The van der Waals surface area contributed by atoms with Gasteiger partial charge in [-0.15, -0.1) is 0 Å². The summed E-state index contributed by atoms with van der Waals surface area (Å²) in [6.07, 6.45) is 3.61. The summed E-state index contributed by atoms with van der Waals surface area (Å²) in [5.41, 5.74) is 7.49. The number of nitrogens with two attached hydrogens (primary N) is 1. The fourth-order valence-electron chi connectivity index (χ4n) is 4.12. The number of hydrogen-bond donors (Lipinski definition) is 1. The van der Waals surface area contributed by atoms with Gasteiger partial charge in [-0.25, -0.2) is 4.39 Å². The molecule has 2 atom stereocenters. The summed E-state index contributed by atoms with van der Waals surface area (Å²) in [6.45, 7) is 0. The van der Waals surface area contributed by atoms with Crippen molar-refractivity contribution in [3.63, 3.8) is 0 Å². The molecule has 8 heteroatoms. The van der Waals surface area contributed by atoms with Crippen LogP contribution in [0, 0.1) is 5.82 Å². The van der Waals surface area contributed by atoms with Crippen LogP contribution in [0.2, 0.25) is 10.0 Å². The zero-order valence-corrected chi connectivity index (χ0v) is 17.8. The molecule has 5 nitrogen and oxygen atoms in total. The lowest BCUT2D eigenvalue weighted by molar-refractivity contribution is -0.123. The van der Waals surface area contributed by atoms with Gasteiger partial charge in [-0.05, 0) is 47.7 Å². The van der Waals surface area contributed by atoms with Crippen molar-refractivity contribution in [3.05, 3.63) is 99.0 Å². The highest BCUT2D eigenvalue weighted by Gasteiger charge is 2.40. The second-order valence-corrected chi connectivity index (χ2v) is 8.14. The predicted molar refractivity (Wildman–Crippen MR) is 116 cm³/mol. The Morgan fingerprint density at radius 3 is 2.58 bits per heavy atom. The quantitative estimate of drug-likeness (QED) is 0.592. The zero-order valence-electron chi connectivity index (χ0n) is 16.3. The number of amides is 2. The van der Waals surface area contributed by atoms with E-state index in [0.29, 0.717) is 29.5 Å². The Hall–Kier alpha value is -2.96. The minimum Gasteiger partial charge on any atom is -0.368 e. The van der Waals surface area contributed by atoms with E-state index in [1.54, 1.807) is 36.4 Å². The summed E-state index contributed by atoms with van der Waals surface area (Å²) < 4.78 is 14.5. The molecule has 1 aliphatic rings. The molecule has 2 N–H and O–H groups in total. The number of rotatable bonds is 5. The van der Waals surface area contributed by atoms with E-state index in [1.807, 2.05) is 0 Å². The maximum Gasteiger partial charge on any atom is 0.258 e. The van der Waals surface area contributed by atoms with Gasteiger partial charge in [0.1, 0.15) is 11.9 Å². The van der Waals surface area contributed by atoms with E-state index >= 15 is 0 Å². The summed E-state index contributed by atoms with van der Waals surface area (Å²) in [6, 6.07) is 11.4. The highest BCUT2D eigenvalue weighted by molar-refractivity contribution is 6.33. The molecular weight excluding hydrogens is 440 g/mol. The van der Waals surface area contributed by atoms with Gasteiger partial charge in [-0.3, -0.25) is 14.6 Å². The molecule has 0 radical (unpaired) electrons. The first-order chi connectivity index (χ1) is 14.9. The molecule has 2 aromatic carbocycles. The second kappa shape index (κ2) is 8.65. The smallest absolute Gasteiger partial charge is 0.258 e. The summed E-state index contributed by atoms with van der Waals surface area (Å²) in [5.74, 6) is -1.67. The number of carbonyl (C=O) groups excluding carboxylic acids is 2. The molecule has 0 unspecified atom stereocenters. The van der Waals surface area contributed by atoms with E-state index < -0.39 is 29.7 Å². The Morgan fingerprint density at radius 1 is 1.16 bits per heavy atom. The molecular formula is C23H18Cl2FN3O2. The van der Waals surface area contributed by atoms with Crippen LogP contribution < -0.4 is 5.73 Å². The number of fused-ring (bicyclic) bond motifs is 1. The number of benzene rings is 2. The average molecular weight is 458 g/mol. The van der Waals surface area contributed by atoms with E-state index in [4.69, 9.17) is 28.9 Å². The molecule has 0 fully saturated rings. The largest absolute Gasteiger partial charge is 0.368 e. The van der Waals surface area contributed by atoms with E-state index in [0.717, 1.165) is 0 Å². The SMILES string of the molecule is NC(=O)[C@@H](c1ccccc1)N(C(=O)c1cnccc1Cl)[C@@H]1CCc2c(F)cc(Cl)cc21. The van der Waals surface area contributed by atoms with Crippen LogP contribution in [0.25, 0.3) is 0 Å². The molecule has 0 saturated carbocycles. The molecule has 4 rings (SSSR count). The molecule has 1 heterocycles. The van der Waals surface area contributed by atoms with Crippen molar-refractivity contribution in [1.82, 2.24) is 9.88 Å². The van der Waals surface area contributed by atoms with Gasteiger partial charge in [0, 0.05) is 17.4 Å². The summed E-state index contributed by atoms with van der Waals surface area (Å²) in [7, 11) is 0. The van der Waals surface area contributed by atoms with Crippen LogP contribution in [-0.2, 0) is 11.2 Å². The summed E-state index contributed by atoms with van der Waals surface area (Å²) in [5, 5.41) is 0.405. The average Bonchev–Trinajstić information content (AvgIpc) is 3.16. The molecule has 1 aromatic heterocycles. The van der Waals surface area contributed by atoms with Gasteiger partial charge < -0.3 is 10.6 Å². The Bertz CT molecular complexity index is 1160. The highest BCUT2D eigenvalue weighted by Crippen LogP contribution is 2.43. The van der Waals surface area contributed by atoms with E-state index in [1.165, 1.54) is 29.4 Å². The van der Waals surface area contributed by atoms with Crippen molar-refractivity contribution < 1.29 is 14.0 Å². The number of pyridine rings is 1. The van der Waals surface area contributed by atoms with Crippen LogP contribution >= 0.6 is 23.2 Å². The van der Waals surface area contributed by atoms with Gasteiger partial charge in [0.25, 0.3) is 5.91 Å². The fraction of sp³-hybridized carbons (Fsp3) is 0.174. The third-order valence-corrected chi connectivity index (χ3v) is 6.00. The molecule has 31 heavy (non-hydrogen) atoms. The van der Waals surface area contributed by atoms with Crippen LogP contribution in [0.3, 0.4) is 0 Å². The first kappa shape index (κ1) is 21.3. The lowest BCUT2D eigenvalue weighted by Gasteiger charge is -2.36. The molecule has 0 saturated heterocycles. The van der Waals surface area contributed by atoms with Crippen LogP contribution in [0.5, 0.6) is 0 Å². The van der Waals surface area contributed by atoms with Gasteiger partial charge in [0.2, 0.25) is 5.91 Å². The van der Waals surface area contributed by atoms with Crippen molar-refractivity contribution >= 4 is 35.0 Å². The normalized spacial score (nSPS) is 15.9. The van der Waals surface area contributed by atoms with Crippen LogP contribution in [0.4, 0.5) is 4.39 Å². The lowest BCUT2D eigenvalue weighted by atomic mass is 9.98. The molecule has 0 bridgehead atoms. The minimum absolute atomic E-state index is 0.127.